The summed E-state index contributed by atoms with van der Waals surface area (Å²) in [7, 11) is 0. The van der Waals surface area contributed by atoms with Crippen molar-refractivity contribution in [3.8, 4) is 0 Å². The van der Waals surface area contributed by atoms with Crippen molar-refractivity contribution in [1.29, 1.82) is 0 Å². The Labute approximate surface area is 74.3 Å². The van der Waals surface area contributed by atoms with Gasteiger partial charge in [-0.25, -0.2) is 0 Å². The van der Waals surface area contributed by atoms with Gasteiger partial charge in [-0.15, -0.1) is 11.3 Å². The Morgan fingerprint density at radius 3 is 2.67 bits per heavy atom. The third-order valence-corrected chi connectivity index (χ3v) is 2.49. The molecule has 0 saturated heterocycles. The lowest BCUT2D eigenvalue weighted by Crippen LogP contribution is -2.11. The maximum Gasteiger partial charge on any atom is 0.251 e. The Morgan fingerprint density at radius 1 is 1.58 bits per heavy atom. The second-order valence-electron chi connectivity index (χ2n) is 2.39. The number of nitrogens with two attached hydrogens (primary N) is 3. The third kappa shape index (κ3) is 1.75. The molecule has 0 bridgehead atoms. The molecule has 12 heavy (non-hydrogen) atoms. The fraction of sp³-hybridized carbons (Fsp3) is 0.286. The summed E-state index contributed by atoms with van der Waals surface area (Å²) in [6.45, 7) is 0.554. The Bertz CT molecular complexity index is 295. The van der Waals surface area contributed by atoms with E-state index in [0.29, 0.717) is 17.1 Å². The minimum absolute atomic E-state index is 0.406. The van der Waals surface area contributed by atoms with E-state index in [9.17, 15) is 4.79 Å². The summed E-state index contributed by atoms with van der Waals surface area (Å²) in [6, 6.07) is 1.70. The van der Waals surface area contributed by atoms with Crippen LogP contribution >= 0.6 is 11.3 Å². The standard InChI is InChI=1S/C7H11N3OS/c8-2-1-4-3-5(6(9)11)7(10)12-4/h3H,1-2,8,10H2,(H2,9,11). The molecule has 66 valence electrons. The average Bonchev–Trinajstić information content (AvgIpc) is 2.32. The minimum atomic E-state index is -0.480. The van der Waals surface area contributed by atoms with Crippen LogP contribution in [-0.4, -0.2) is 12.5 Å². The number of nitrogen functional groups attached to an aromatic ring is 1. The number of thiophene rings is 1. The van der Waals surface area contributed by atoms with Crippen molar-refractivity contribution < 1.29 is 4.79 Å². The fourth-order valence-corrected chi connectivity index (χ4v) is 1.86. The summed E-state index contributed by atoms with van der Waals surface area (Å²) < 4.78 is 0. The minimum Gasteiger partial charge on any atom is -0.390 e. The van der Waals surface area contributed by atoms with Crippen molar-refractivity contribution in [2.45, 2.75) is 6.42 Å². The zero-order chi connectivity index (χ0) is 9.14. The zero-order valence-electron chi connectivity index (χ0n) is 6.54. The molecule has 5 heteroatoms. The van der Waals surface area contributed by atoms with E-state index in [2.05, 4.69) is 0 Å². The molecule has 0 aliphatic heterocycles. The molecule has 0 aromatic carbocycles. The molecular weight excluding hydrogens is 174 g/mol. The van der Waals surface area contributed by atoms with Gasteiger partial charge in [-0.3, -0.25) is 4.79 Å². The Hall–Kier alpha value is -1.07. The molecule has 1 aromatic rings. The van der Waals surface area contributed by atoms with Gasteiger partial charge in [0.05, 0.1) is 10.6 Å². The van der Waals surface area contributed by atoms with E-state index in [1.165, 1.54) is 11.3 Å². The first-order chi connectivity index (χ1) is 5.65. The first-order valence-corrected chi connectivity index (χ1v) is 4.35. The van der Waals surface area contributed by atoms with Crippen molar-refractivity contribution >= 4 is 22.2 Å². The SMILES string of the molecule is NCCc1cc(C(N)=O)c(N)s1. The van der Waals surface area contributed by atoms with Crippen LogP contribution in [0.5, 0.6) is 0 Å². The van der Waals surface area contributed by atoms with E-state index in [0.717, 1.165) is 11.3 Å². The van der Waals surface area contributed by atoms with Gasteiger partial charge >= 0.3 is 0 Å². The van der Waals surface area contributed by atoms with Crippen molar-refractivity contribution in [3.63, 3.8) is 0 Å². The molecule has 0 unspecified atom stereocenters. The highest BCUT2D eigenvalue weighted by atomic mass is 32.1. The number of carbonyl (C=O) groups is 1. The second-order valence-corrected chi connectivity index (χ2v) is 3.56. The first kappa shape index (κ1) is 9.02. The van der Waals surface area contributed by atoms with Crippen LogP contribution in [0.3, 0.4) is 0 Å². The van der Waals surface area contributed by atoms with Gasteiger partial charge in [0.1, 0.15) is 0 Å². The molecule has 0 radical (unpaired) electrons. The van der Waals surface area contributed by atoms with E-state index >= 15 is 0 Å². The highest BCUT2D eigenvalue weighted by Gasteiger charge is 2.09. The molecule has 0 fully saturated rings. The number of primary amides is 1. The zero-order valence-corrected chi connectivity index (χ0v) is 7.36. The van der Waals surface area contributed by atoms with Crippen LogP contribution < -0.4 is 17.2 Å². The molecule has 4 nitrogen and oxygen atoms in total. The van der Waals surface area contributed by atoms with Crippen molar-refractivity contribution in [3.05, 3.63) is 16.5 Å². The molecule has 0 spiro atoms. The number of rotatable bonds is 3. The maximum absolute atomic E-state index is 10.8. The Morgan fingerprint density at radius 2 is 2.25 bits per heavy atom. The van der Waals surface area contributed by atoms with Crippen molar-refractivity contribution in [1.82, 2.24) is 0 Å². The normalized spacial score (nSPS) is 10.1. The van der Waals surface area contributed by atoms with Crippen LogP contribution in [0.15, 0.2) is 6.07 Å². The maximum atomic E-state index is 10.8. The highest BCUT2D eigenvalue weighted by Crippen LogP contribution is 2.24. The van der Waals surface area contributed by atoms with Gasteiger partial charge in [-0.05, 0) is 19.0 Å². The summed E-state index contributed by atoms with van der Waals surface area (Å²) in [5, 5.41) is 0.478. The fourth-order valence-electron chi connectivity index (χ4n) is 0.916. The quantitative estimate of drug-likeness (QED) is 0.615. The molecule has 0 aliphatic carbocycles. The molecule has 0 saturated carbocycles. The van der Waals surface area contributed by atoms with Gasteiger partial charge in [-0.1, -0.05) is 0 Å². The number of carbonyl (C=O) groups excluding carboxylic acids is 1. The predicted octanol–water partition coefficient (Wildman–Crippen LogP) is -0.0696. The van der Waals surface area contributed by atoms with Crippen LogP contribution in [-0.2, 0) is 6.42 Å². The molecule has 1 amide bonds. The van der Waals surface area contributed by atoms with E-state index < -0.39 is 5.91 Å². The molecule has 6 N–H and O–H groups in total. The average molecular weight is 185 g/mol. The summed E-state index contributed by atoms with van der Waals surface area (Å²) >= 11 is 1.36. The van der Waals surface area contributed by atoms with Gasteiger partial charge in [0, 0.05) is 4.88 Å². The number of amides is 1. The van der Waals surface area contributed by atoms with Gasteiger partial charge in [0.15, 0.2) is 0 Å². The molecule has 1 rings (SSSR count). The Kier molecular flexibility index (Phi) is 2.67. The van der Waals surface area contributed by atoms with E-state index in [-0.39, 0.29) is 0 Å². The molecular formula is C7H11N3OS. The van der Waals surface area contributed by atoms with Crippen LogP contribution in [0.1, 0.15) is 15.2 Å². The molecule has 1 heterocycles. The topological polar surface area (TPSA) is 95.1 Å². The summed E-state index contributed by atoms with van der Waals surface area (Å²) in [6.07, 6.45) is 0.738. The number of hydrogen-bond acceptors (Lipinski definition) is 4. The summed E-state index contributed by atoms with van der Waals surface area (Å²) in [4.78, 5) is 11.8. The lowest BCUT2D eigenvalue weighted by Gasteiger charge is -1.88. The van der Waals surface area contributed by atoms with Crippen LogP contribution in [0.2, 0.25) is 0 Å². The number of anilines is 1. The lowest BCUT2D eigenvalue weighted by atomic mass is 10.2. The van der Waals surface area contributed by atoms with Gasteiger partial charge < -0.3 is 17.2 Å². The lowest BCUT2D eigenvalue weighted by molar-refractivity contribution is 0.100. The van der Waals surface area contributed by atoms with Gasteiger partial charge in [-0.2, -0.15) is 0 Å². The van der Waals surface area contributed by atoms with Crippen molar-refractivity contribution in [2.24, 2.45) is 11.5 Å². The van der Waals surface area contributed by atoms with E-state index in [1.54, 1.807) is 6.07 Å². The summed E-state index contributed by atoms with van der Waals surface area (Å²) in [5.74, 6) is -0.480. The first-order valence-electron chi connectivity index (χ1n) is 3.53. The Balaban J connectivity index is 2.92. The predicted molar refractivity (Wildman–Crippen MR) is 50.0 cm³/mol. The molecule has 0 aliphatic rings. The van der Waals surface area contributed by atoms with Crippen molar-refractivity contribution in [2.75, 3.05) is 12.3 Å². The van der Waals surface area contributed by atoms with E-state index in [1.807, 2.05) is 0 Å². The largest absolute Gasteiger partial charge is 0.390 e. The second kappa shape index (κ2) is 3.55. The van der Waals surface area contributed by atoms with Crippen LogP contribution in [0.25, 0.3) is 0 Å². The van der Waals surface area contributed by atoms with Crippen LogP contribution in [0, 0.1) is 0 Å². The van der Waals surface area contributed by atoms with E-state index in [4.69, 9.17) is 17.2 Å². The molecule has 1 aromatic heterocycles. The molecule has 0 atom stereocenters. The third-order valence-electron chi connectivity index (χ3n) is 1.47. The summed E-state index contributed by atoms with van der Waals surface area (Å²) in [5.41, 5.74) is 16.4. The van der Waals surface area contributed by atoms with Gasteiger partial charge in [0.2, 0.25) is 0 Å². The van der Waals surface area contributed by atoms with Gasteiger partial charge in [0.25, 0.3) is 5.91 Å². The number of hydrogen-bond donors (Lipinski definition) is 3. The van der Waals surface area contributed by atoms with Crippen LogP contribution in [0.4, 0.5) is 5.00 Å². The smallest absolute Gasteiger partial charge is 0.251 e. The highest BCUT2D eigenvalue weighted by molar-refractivity contribution is 7.16. The monoisotopic (exact) mass is 185 g/mol.